The summed E-state index contributed by atoms with van der Waals surface area (Å²) in [6, 6.07) is 17.7. The van der Waals surface area contributed by atoms with Crippen LogP contribution < -0.4 is 0 Å². The van der Waals surface area contributed by atoms with Crippen LogP contribution in [0.25, 0.3) is 0 Å². The molecule has 0 N–H and O–H groups in total. The zero-order chi connectivity index (χ0) is 17.4. The lowest BCUT2D eigenvalue weighted by Gasteiger charge is -2.36. The van der Waals surface area contributed by atoms with E-state index in [2.05, 4.69) is 0 Å². The third-order valence-corrected chi connectivity index (χ3v) is 6.42. The first-order valence-electron chi connectivity index (χ1n) is 8.05. The molecular weight excluding hydrogens is 339 g/mol. The number of fused-ring (bicyclic) bond motifs is 1. The highest BCUT2D eigenvalue weighted by Gasteiger charge is 2.38. The first kappa shape index (κ1) is 16.1. The highest BCUT2D eigenvalue weighted by molar-refractivity contribution is 7.89. The second kappa shape index (κ2) is 6.13. The van der Waals surface area contributed by atoms with Crippen LogP contribution in [-0.2, 0) is 16.6 Å². The lowest BCUT2D eigenvalue weighted by Crippen LogP contribution is -2.42. The Bertz CT molecular complexity index is 999. The molecule has 6 heteroatoms. The van der Waals surface area contributed by atoms with E-state index in [9.17, 15) is 12.8 Å². The third kappa shape index (κ3) is 2.67. The maximum absolute atomic E-state index is 14.5. The van der Waals surface area contributed by atoms with Gasteiger partial charge in [0.05, 0.1) is 10.9 Å². The Morgan fingerprint density at radius 3 is 2.36 bits per heavy atom. The second-order valence-corrected chi connectivity index (χ2v) is 7.87. The molecule has 0 saturated carbocycles. The summed E-state index contributed by atoms with van der Waals surface area (Å²) in [4.78, 5) is 0.219. The summed E-state index contributed by atoms with van der Waals surface area (Å²) in [5.41, 5.74) is 1.14. The van der Waals surface area contributed by atoms with Crippen LogP contribution in [-0.4, -0.2) is 23.8 Å². The van der Waals surface area contributed by atoms with Crippen molar-refractivity contribution in [2.24, 2.45) is 0 Å². The topological polar surface area (TPSA) is 42.3 Å². The molecule has 1 aliphatic heterocycles. The number of hydrogen-bond acceptors (Lipinski definition) is 2. The van der Waals surface area contributed by atoms with Crippen molar-refractivity contribution in [3.8, 4) is 0 Å². The van der Waals surface area contributed by atoms with Crippen LogP contribution >= 0.6 is 0 Å². The van der Waals surface area contributed by atoms with Crippen LogP contribution in [0.4, 0.5) is 4.39 Å². The Kier molecular flexibility index (Phi) is 3.94. The number of hydrogen-bond donors (Lipinski definition) is 0. The van der Waals surface area contributed by atoms with E-state index >= 15 is 0 Å². The summed E-state index contributed by atoms with van der Waals surface area (Å²) in [5.74, 6) is -0.407. The minimum Gasteiger partial charge on any atom is -0.348 e. The van der Waals surface area contributed by atoms with Gasteiger partial charge in [-0.15, -0.1) is 0 Å². The first-order chi connectivity index (χ1) is 12.1. The molecule has 1 atom stereocenters. The molecule has 0 unspecified atom stereocenters. The Balaban J connectivity index is 1.89. The summed E-state index contributed by atoms with van der Waals surface area (Å²) < 4.78 is 44.3. The molecule has 4 rings (SSSR count). The molecule has 128 valence electrons. The molecule has 3 aromatic rings. The van der Waals surface area contributed by atoms with Crippen molar-refractivity contribution >= 4 is 10.0 Å². The number of halogens is 1. The van der Waals surface area contributed by atoms with Crippen molar-refractivity contribution in [3.63, 3.8) is 0 Å². The van der Waals surface area contributed by atoms with E-state index in [1.54, 1.807) is 48.5 Å². The van der Waals surface area contributed by atoms with Crippen LogP contribution in [0.2, 0.25) is 0 Å². The monoisotopic (exact) mass is 356 g/mol. The van der Waals surface area contributed by atoms with Crippen molar-refractivity contribution in [1.82, 2.24) is 8.87 Å². The van der Waals surface area contributed by atoms with Crippen LogP contribution in [0.5, 0.6) is 0 Å². The van der Waals surface area contributed by atoms with Crippen molar-refractivity contribution in [2.75, 3.05) is 6.54 Å². The van der Waals surface area contributed by atoms with Gasteiger partial charge in [-0.3, -0.25) is 0 Å². The van der Waals surface area contributed by atoms with Gasteiger partial charge in [-0.2, -0.15) is 4.31 Å². The fourth-order valence-corrected chi connectivity index (χ4v) is 4.95. The average molecular weight is 356 g/mol. The van der Waals surface area contributed by atoms with E-state index in [0.29, 0.717) is 12.1 Å². The molecule has 2 heterocycles. The lowest BCUT2D eigenvalue weighted by molar-refractivity contribution is 0.293. The number of nitrogens with zero attached hydrogens (tertiary/aromatic N) is 2. The van der Waals surface area contributed by atoms with Gasteiger partial charge in [0, 0.05) is 30.5 Å². The molecule has 0 radical (unpaired) electrons. The van der Waals surface area contributed by atoms with Gasteiger partial charge in [-0.05, 0) is 30.3 Å². The molecule has 2 aromatic carbocycles. The molecule has 0 saturated heterocycles. The second-order valence-electron chi connectivity index (χ2n) is 5.98. The van der Waals surface area contributed by atoms with Crippen LogP contribution in [0.1, 0.15) is 17.3 Å². The highest BCUT2D eigenvalue weighted by Crippen LogP contribution is 2.37. The van der Waals surface area contributed by atoms with Crippen LogP contribution in [0.15, 0.2) is 77.8 Å². The van der Waals surface area contributed by atoms with Crippen LogP contribution in [0.3, 0.4) is 0 Å². The number of benzene rings is 2. The summed E-state index contributed by atoms with van der Waals surface area (Å²) >= 11 is 0. The first-order valence-corrected chi connectivity index (χ1v) is 9.49. The van der Waals surface area contributed by atoms with Gasteiger partial charge in [0.1, 0.15) is 5.82 Å². The zero-order valence-electron chi connectivity index (χ0n) is 13.4. The predicted molar refractivity (Wildman–Crippen MR) is 93.0 cm³/mol. The average Bonchev–Trinajstić information content (AvgIpc) is 3.11. The standard InChI is InChI=1S/C19H17FN2O2S/c20-17-10-5-4-9-16(17)19-18-11-6-12-21(18)13-14-22(19)25(23,24)15-7-2-1-3-8-15/h1-12,19H,13-14H2/t19-/m0/s1. The summed E-state index contributed by atoms with van der Waals surface area (Å²) in [6.07, 6.45) is 1.90. The lowest BCUT2D eigenvalue weighted by atomic mass is 10.0. The van der Waals surface area contributed by atoms with Crippen molar-refractivity contribution < 1.29 is 12.8 Å². The van der Waals surface area contributed by atoms with E-state index in [0.717, 1.165) is 5.69 Å². The maximum Gasteiger partial charge on any atom is 0.244 e. The van der Waals surface area contributed by atoms with E-state index in [4.69, 9.17) is 0 Å². The van der Waals surface area contributed by atoms with E-state index in [1.807, 2.05) is 22.9 Å². The quantitative estimate of drug-likeness (QED) is 0.722. The molecule has 0 fully saturated rings. The predicted octanol–water partition coefficient (Wildman–Crippen LogP) is 3.42. The number of rotatable bonds is 3. The largest absolute Gasteiger partial charge is 0.348 e. The third-order valence-electron chi connectivity index (χ3n) is 4.54. The SMILES string of the molecule is O=S(=O)(c1ccccc1)N1CCn2cccc2[C@@H]1c1ccccc1F. The molecule has 1 aliphatic rings. The molecule has 0 amide bonds. The minimum absolute atomic E-state index is 0.219. The normalized spacial score (nSPS) is 18.0. The van der Waals surface area contributed by atoms with Gasteiger partial charge in [0.15, 0.2) is 0 Å². The summed E-state index contributed by atoms with van der Waals surface area (Å²) in [7, 11) is -3.74. The van der Waals surface area contributed by atoms with E-state index < -0.39 is 21.9 Å². The van der Waals surface area contributed by atoms with Crippen molar-refractivity contribution in [1.29, 1.82) is 0 Å². The number of sulfonamides is 1. The Morgan fingerprint density at radius 2 is 1.60 bits per heavy atom. The zero-order valence-corrected chi connectivity index (χ0v) is 14.2. The van der Waals surface area contributed by atoms with Gasteiger partial charge in [-0.1, -0.05) is 36.4 Å². The van der Waals surface area contributed by atoms with E-state index in [1.165, 1.54) is 10.4 Å². The summed E-state index contributed by atoms with van der Waals surface area (Å²) in [5, 5.41) is 0. The van der Waals surface area contributed by atoms with Gasteiger partial charge >= 0.3 is 0 Å². The Hall–Kier alpha value is -2.44. The Labute approximate surface area is 146 Å². The minimum atomic E-state index is -3.74. The number of aromatic nitrogens is 1. The van der Waals surface area contributed by atoms with Gasteiger partial charge < -0.3 is 4.57 Å². The maximum atomic E-state index is 14.5. The van der Waals surface area contributed by atoms with Gasteiger partial charge in [0.25, 0.3) is 0 Å². The van der Waals surface area contributed by atoms with Gasteiger partial charge in [-0.25, -0.2) is 12.8 Å². The van der Waals surface area contributed by atoms with Gasteiger partial charge in [0.2, 0.25) is 10.0 Å². The smallest absolute Gasteiger partial charge is 0.244 e. The molecule has 0 spiro atoms. The molecule has 0 bridgehead atoms. The summed E-state index contributed by atoms with van der Waals surface area (Å²) in [6.45, 7) is 0.831. The molecule has 1 aromatic heterocycles. The molecule has 25 heavy (non-hydrogen) atoms. The molecule has 0 aliphatic carbocycles. The van der Waals surface area contributed by atoms with Crippen molar-refractivity contribution in [2.45, 2.75) is 17.5 Å². The Morgan fingerprint density at radius 1 is 0.880 bits per heavy atom. The molecule has 4 nitrogen and oxygen atoms in total. The molecular formula is C19H17FN2O2S. The highest BCUT2D eigenvalue weighted by atomic mass is 32.2. The van der Waals surface area contributed by atoms with E-state index in [-0.39, 0.29) is 11.4 Å². The fourth-order valence-electron chi connectivity index (χ4n) is 3.36. The van der Waals surface area contributed by atoms with Crippen molar-refractivity contribution in [3.05, 3.63) is 90.0 Å². The van der Waals surface area contributed by atoms with Crippen LogP contribution in [0, 0.1) is 5.82 Å². The fraction of sp³-hybridized carbons (Fsp3) is 0.158.